The van der Waals surface area contributed by atoms with Gasteiger partial charge in [-0.2, -0.15) is 0 Å². The summed E-state index contributed by atoms with van der Waals surface area (Å²) in [7, 11) is 0. The van der Waals surface area contributed by atoms with Gasteiger partial charge in [0.25, 0.3) is 0 Å². The maximum Gasteiger partial charge on any atom is 0.126 e. The smallest absolute Gasteiger partial charge is 0.126 e. The number of aryl methyl sites for hydroxylation is 2. The van der Waals surface area contributed by atoms with Crippen molar-refractivity contribution in [2.75, 3.05) is 11.9 Å². The SMILES string of the molecule is C=C/C=C\c1c(C)cccc1-c1ccc(C(CC=C)NC(=C)C(CCC)NC(=C)CCCCNc2cc(C)ccn2)cc1. The minimum Gasteiger partial charge on any atom is -0.381 e. The molecule has 2 atom stereocenters. The van der Waals surface area contributed by atoms with Crippen LogP contribution in [0.2, 0.25) is 0 Å². The van der Waals surface area contributed by atoms with Crippen molar-refractivity contribution in [2.24, 2.45) is 0 Å². The van der Waals surface area contributed by atoms with Gasteiger partial charge >= 0.3 is 0 Å². The molecule has 3 aromatic rings. The van der Waals surface area contributed by atoms with E-state index < -0.39 is 0 Å². The number of anilines is 1. The second-order valence-electron chi connectivity index (χ2n) is 11.2. The van der Waals surface area contributed by atoms with Crippen LogP contribution in [0.15, 0.2) is 117 Å². The Bertz CT molecular complexity index is 1380. The first kappa shape index (κ1) is 33.2. The number of hydrogen-bond acceptors (Lipinski definition) is 4. The van der Waals surface area contributed by atoms with Crippen molar-refractivity contribution in [3.8, 4) is 11.1 Å². The van der Waals surface area contributed by atoms with Crippen molar-refractivity contribution in [3.05, 3.63) is 139 Å². The highest BCUT2D eigenvalue weighted by Crippen LogP contribution is 2.30. The Morgan fingerprint density at radius 3 is 2.47 bits per heavy atom. The fourth-order valence-corrected chi connectivity index (χ4v) is 5.24. The third-order valence-electron chi connectivity index (χ3n) is 7.61. The zero-order chi connectivity index (χ0) is 31.0. The van der Waals surface area contributed by atoms with Gasteiger partial charge < -0.3 is 16.0 Å². The molecule has 0 spiro atoms. The molecule has 1 aromatic heterocycles. The molecule has 3 rings (SSSR count). The number of pyridine rings is 1. The van der Waals surface area contributed by atoms with Crippen LogP contribution in [0.3, 0.4) is 0 Å². The fraction of sp³-hybridized carbons (Fsp3) is 0.308. The Kier molecular flexibility index (Phi) is 13.6. The van der Waals surface area contributed by atoms with E-state index in [2.05, 4.69) is 123 Å². The monoisotopic (exact) mass is 574 g/mol. The van der Waals surface area contributed by atoms with Crippen LogP contribution in [0.5, 0.6) is 0 Å². The minimum absolute atomic E-state index is 0.0902. The van der Waals surface area contributed by atoms with Gasteiger partial charge in [-0.25, -0.2) is 4.98 Å². The van der Waals surface area contributed by atoms with Gasteiger partial charge in [0.1, 0.15) is 5.82 Å². The van der Waals surface area contributed by atoms with E-state index in [9.17, 15) is 0 Å². The van der Waals surface area contributed by atoms with E-state index in [1.54, 1.807) is 0 Å². The summed E-state index contributed by atoms with van der Waals surface area (Å²) in [5.74, 6) is 0.937. The molecule has 4 nitrogen and oxygen atoms in total. The maximum absolute atomic E-state index is 4.46. The molecule has 0 aliphatic carbocycles. The van der Waals surface area contributed by atoms with E-state index in [1.807, 2.05) is 30.5 Å². The summed E-state index contributed by atoms with van der Waals surface area (Å²) >= 11 is 0. The summed E-state index contributed by atoms with van der Waals surface area (Å²) in [5, 5.41) is 10.8. The summed E-state index contributed by atoms with van der Waals surface area (Å²) in [6, 6.07) is 19.6. The van der Waals surface area contributed by atoms with E-state index in [1.165, 1.54) is 33.4 Å². The lowest BCUT2D eigenvalue weighted by Gasteiger charge is -2.28. The molecule has 0 saturated heterocycles. The normalized spacial score (nSPS) is 12.3. The van der Waals surface area contributed by atoms with E-state index in [4.69, 9.17) is 0 Å². The van der Waals surface area contributed by atoms with Crippen LogP contribution < -0.4 is 16.0 Å². The second-order valence-corrected chi connectivity index (χ2v) is 11.2. The molecule has 226 valence electrons. The van der Waals surface area contributed by atoms with E-state index in [-0.39, 0.29) is 12.1 Å². The third kappa shape index (κ3) is 10.5. The summed E-state index contributed by atoms with van der Waals surface area (Å²) in [6.07, 6.45) is 15.6. The molecule has 0 radical (unpaired) electrons. The molecule has 0 aliphatic rings. The van der Waals surface area contributed by atoms with Crippen molar-refractivity contribution >= 4 is 11.9 Å². The topological polar surface area (TPSA) is 49.0 Å². The number of nitrogens with zero attached hydrogens (tertiary/aromatic N) is 1. The van der Waals surface area contributed by atoms with Crippen molar-refractivity contribution in [1.29, 1.82) is 0 Å². The largest absolute Gasteiger partial charge is 0.381 e. The number of unbranched alkanes of at least 4 members (excludes halogenated alkanes) is 1. The molecule has 0 aliphatic heterocycles. The van der Waals surface area contributed by atoms with Crippen molar-refractivity contribution < 1.29 is 0 Å². The molecule has 0 bridgehead atoms. The molecular formula is C39H50N4. The van der Waals surface area contributed by atoms with Gasteiger partial charge in [0, 0.05) is 24.1 Å². The van der Waals surface area contributed by atoms with Gasteiger partial charge in [-0.15, -0.1) is 6.58 Å². The zero-order valence-corrected chi connectivity index (χ0v) is 26.5. The van der Waals surface area contributed by atoms with Gasteiger partial charge in [0.15, 0.2) is 0 Å². The molecule has 4 heteroatoms. The Morgan fingerprint density at radius 2 is 1.77 bits per heavy atom. The average molecular weight is 575 g/mol. The standard InChI is InChI=1S/C39H50N4/c1-8-11-19-35-30(5)17-14-20-36(35)33-21-23-34(24-22-33)38(16-10-3)43-32(7)37(15-9-2)42-31(6)18-12-13-26-40-39-28-29(4)25-27-41-39/h8,10-11,14,17,19-25,27-28,37-38,42-43H,1,3,6-7,9,12-13,15-16,18,26H2,2,4-5H3,(H,40,41)/b19-11-. The van der Waals surface area contributed by atoms with Gasteiger partial charge in [-0.3, -0.25) is 0 Å². The second kappa shape index (κ2) is 17.6. The highest BCUT2D eigenvalue weighted by Gasteiger charge is 2.17. The Morgan fingerprint density at radius 1 is 0.977 bits per heavy atom. The molecule has 0 fully saturated rings. The quantitative estimate of drug-likeness (QED) is 0.0757. The average Bonchev–Trinajstić information content (AvgIpc) is 3.00. The van der Waals surface area contributed by atoms with Crippen LogP contribution >= 0.6 is 0 Å². The molecule has 2 unspecified atom stereocenters. The molecule has 1 heterocycles. The minimum atomic E-state index is 0.0902. The summed E-state index contributed by atoms with van der Waals surface area (Å²) in [5.41, 5.74) is 9.35. The highest BCUT2D eigenvalue weighted by atomic mass is 15.0. The van der Waals surface area contributed by atoms with Crippen LogP contribution in [-0.4, -0.2) is 17.6 Å². The number of nitrogens with one attached hydrogen (secondary N) is 3. The lowest BCUT2D eigenvalue weighted by molar-refractivity contribution is 0.496. The predicted molar refractivity (Wildman–Crippen MR) is 188 cm³/mol. The molecule has 0 saturated carbocycles. The predicted octanol–water partition coefficient (Wildman–Crippen LogP) is 9.84. The molecule has 3 N–H and O–H groups in total. The first-order valence-electron chi connectivity index (χ1n) is 15.5. The molecule has 0 amide bonds. The van der Waals surface area contributed by atoms with Gasteiger partial charge in [-0.1, -0.05) is 99.9 Å². The first-order chi connectivity index (χ1) is 20.9. The number of aromatic nitrogens is 1. The van der Waals surface area contributed by atoms with Crippen LogP contribution in [0.25, 0.3) is 17.2 Å². The first-order valence-corrected chi connectivity index (χ1v) is 15.5. The lowest BCUT2D eigenvalue weighted by atomic mass is 9.93. The Balaban J connectivity index is 1.59. The summed E-state index contributed by atoms with van der Waals surface area (Å²) in [6.45, 7) is 24.0. The lowest BCUT2D eigenvalue weighted by Crippen LogP contribution is -2.37. The van der Waals surface area contributed by atoms with Crippen LogP contribution in [0.1, 0.15) is 73.7 Å². The number of benzene rings is 2. The van der Waals surface area contributed by atoms with E-state index in [0.29, 0.717) is 0 Å². The van der Waals surface area contributed by atoms with E-state index >= 15 is 0 Å². The molecule has 43 heavy (non-hydrogen) atoms. The number of allylic oxidation sites excluding steroid dienone is 3. The fourth-order valence-electron chi connectivity index (χ4n) is 5.24. The number of hydrogen-bond donors (Lipinski definition) is 3. The third-order valence-corrected chi connectivity index (χ3v) is 7.61. The van der Waals surface area contributed by atoms with Crippen molar-refractivity contribution in [1.82, 2.24) is 15.6 Å². The van der Waals surface area contributed by atoms with Crippen molar-refractivity contribution in [3.63, 3.8) is 0 Å². The van der Waals surface area contributed by atoms with Crippen LogP contribution in [0, 0.1) is 13.8 Å². The molecule has 2 aromatic carbocycles. The highest BCUT2D eigenvalue weighted by molar-refractivity contribution is 5.77. The number of rotatable bonds is 19. The Labute approximate surface area is 260 Å². The summed E-state index contributed by atoms with van der Waals surface area (Å²) in [4.78, 5) is 4.38. The van der Waals surface area contributed by atoms with Crippen LogP contribution in [-0.2, 0) is 0 Å². The van der Waals surface area contributed by atoms with Crippen LogP contribution in [0.4, 0.5) is 5.82 Å². The van der Waals surface area contributed by atoms with Gasteiger partial charge in [0.05, 0.1) is 12.1 Å². The Hall–Kier alpha value is -4.31. The molecular weight excluding hydrogens is 524 g/mol. The van der Waals surface area contributed by atoms with Gasteiger partial charge in [0.2, 0.25) is 0 Å². The zero-order valence-electron chi connectivity index (χ0n) is 26.5. The van der Waals surface area contributed by atoms with Crippen molar-refractivity contribution in [2.45, 2.75) is 71.4 Å². The summed E-state index contributed by atoms with van der Waals surface area (Å²) < 4.78 is 0. The van der Waals surface area contributed by atoms with Gasteiger partial charge in [-0.05, 0) is 91.5 Å². The maximum atomic E-state index is 4.46. The van der Waals surface area contributed by atoms with E-state index in [0.717, 1.165) is 62.3 Å².